The second-order valence-corrected chi connectivity index (χ2v) is 5.93. The summed E-state index contributed by atoms with van der Waals surface area (Å²) in [7, 11) is 1.58. The van der Waals surface area contributed by atoms with Crippen LogP contribution in [0.25, 0.3) is 0 Å². The highest BCUT2D eigenvalue weighted by atomic mass is 79.9. The summed E-state index contributed by atoms with van der Waals surface area (Å²) in [6, 6.07) is 9.34. The molecule has 0 radical (unpaired) electrons. The predicted molar refractivity (Wildman–Crippen MR) is 98.5 cm³/mol. The van der Waals surface area contributed by atoms with Gasteiger partial charge in [0, 0.05) is 11.2 Å². The SMILES string of the molecule is C#CCOc1c(Br)cc(C=Nc2cccc(Cl)c2C)cc1OC. The molecule has 0 amide bonds. The van der Waals surface area contributed by atoms with Crippen LogP contribution in [0.1, 0.15) is 11.1 Å². The molecule has 0 aliphatic rings. The van der Waals surface area contributed by atoms with Crippen LogP contribution in [0.4, 0.5) is 5.69 Å². The van der Waals surface area contributed by atoms with E-state index >= 15 is 0 Å². The number of ether oxygens (including phenoxy) is 2. The number of halogens is 2. The molecular weight excluding hydrogens is 378 g/mol. The summed E-state index contributed by atoms with van der Waals surface area (Å²) < 4.78 is 11.6. The molecule has 0 aliphatic carbocycles. The molecule has 118 valence electrons. The molecule has 0 N–H and O–H groups in total. The highest BCUT2D eigenvalue weighted by Gasteiger charge is 2.11. The summed E-state index contributed by atoms with van der Waals surface area (Å²) in [5.41, 5.74) is 2.62. The number of nitrogens with zero attached hydrogens (tertiary/aromatic N) is 1. The smallest absolute Gasteiger partial charge is 0.176 e. The maximum atomic E-state index is 6.10. The third-order valence-corrected chi connectivity index (χ3v) is 4.14. The Morgan fingerprint density at radius 3 is 2.87 bits per heavy atom. The van der Waals surface area contributed by atoms with Gasteiger partial charge >= 0.3 is 0 Å². The first-order chi connectivity index (χ1) is 11.1. The standard InChI is InChI=1S/C18H15BrClNO2/c1-4-8-23-18-14(19)9-13(10-17(18)22-3)11-21-16-7-5-6-15(20)12(16)2/h1,5-7,9-11H,8H2,2-3H3. The van der Waals surface area contributed by atoms with Crippen molar-refractivity contribution in [1.82, 2.24) is 0 Å². The van der Waals surface area contributed by atoms with Crippen molar-refractivity contribution in [2.24, 2.45) is 4.99 Å². The summed E-state index contributed by atoms with van der Waals surface area (Å²) in [6.07, 6.45) is 6.97. The van der Waals surface area contributed by atoms with Crippen LogP contribution < -0.4 is 9.47 Å². The maximum Gasteiger partial charge on any atom is 0.176 e. The molecule has 0 heterocycles. The van der Waals surface area contributed by atoms with Crippen LogP contribution in [-0.4, -0.2) is 19.9 Å². The molecule has 0 unspecified atom stereocenters. The number of methoxy groups -OCH3 is 1. The van der Waals surface area contributed by atoms with Crippen molar-refractivity contribution in [2.75, 3.05) is 13.7 Å². The van der Waals surface area contributed by atoms with E-state index in [1.54, 1.807) is 13.3 Å². The van der Waals surface area contributed by atoms with Gasteiger partial charge in [-0.25, -0.2) is 0 Å². The van der Waals surface area contributed by atoms with Gasteiger partial charge in [-0.3, -0.25) is 4.99 Å². The van der Waals surface area contributed by atoms with Gasteiger partial charge in [-0.05, 0) is 58.2 Å². The molecule has 2 aromatic rings. The topological polar surface area (TPSA) is 30.8 Å². The Hall–Kier alpha value is -1.96. The molecule has 0 aromatic heterocycles. The molecule has 23 heavy (non-hydrogen) atoms. The molecule has 2 aromatic carbocycles. The Bertz CT molecular complexity index is 781. The fourth-order valence-electron chi connectivity index (χ4n) is 1.95. The summed E-state index contributed by atoms with van der Waals surface area (Å²) in [5.74, 6) is 3.58. The lowest BCUT2D eigenvalue weighted by molar-refractivity contribution is 0.329. The molecule has 0 atom stereocenters. The molecule has 0 saturated carbocycles. The van der Waals surface area contributed by atoms with Gasteiger partial charge in [0.15, 0.2) is 11.5 Å². The normalized spacial score (nSPS) is 10.6. The van der Waals surface area contributed by atoms with Gasteiger partial charge in [0.25, 0.3) is 0 Å². The van der Waals surface area contributed by atoms with E-state index in [9.17, 15) is 0 Å². The van der Waals surface area contributed by atoms with E-state index in [0.29, 0.717) is 16.5 Å². The van der Waals surface area contributed by atoms with Crippen LogP contribution in [0.15, 0.2) is 39.8 Å². The van der Waals surface area contributed by atoms with Crippen molar-refractivity contribution in [1.29, 1.82) is 0 Å². The highest BCUT2D eigenvalue weighted by molar-refractivity contribution is 9.10. The van der Waals surface area contributed by atoms with Crippen molar-refractivity contribution in [2.45, 2.75) is 6.92 Å². The Morgan fingerprint density at radius 2 is 2.17 bits per heavy atom. The van der Waals surface area contributed by atoms with Crippen molar-refractivity contribution in [3.63, 3.8) is 0 Å². The van der Waals surface area contributed by atoms with E-state index in [-0.39, 0.29) is 6.61 Å². The molecule has 0 saturated heterocycles. The molecule has 0 fully saturated rings. The number of aliphatic imine (C=N–C) groups is 1. The highest BCUT2D eigenvalue weighted by Crippen LogP contribution is 2.36. The van der Waals surface area contributed by atoms with Gasteiger partial charge in [0.1, 0.15) is 6.61 Å². The minimum Gasteiger partial charge on any atom is -0.493 e. The number of benzene rings is 2. The largest absolute Gasteiger partial charge is 0.493 e. The first-order valence-electron chi connectivity index (χ1n) is 6.79. The van der Waals surface area contributed by atoms with Crippen LogP contribution in [0.5, 0.6) is 11.5 Å². The van der Waals surface area contributed by atoms with E-state index in [1.165, 1.54) is 0 Å². The lowest BCUT2D eigenvalue weighted by Gasteiger charge is -2.11. The average Bonchev–Trinajstić information content (AvgIpc) is 2.54. The molecule has 0 spiro atoms. The second-order valence-electron chi connectivity index (χ2n) is 4.67. The van der Waals surface area contributed by atoms with E-state index in [4.69, 9.17) is 27.5 Å². The zero-order valence-corrected chi connectivity index (χ0v) is 15.1. The summed E-state index contributed by atoms with van der Waals surface area (Å²) in [5, 5.41) is 0.691. The van der Waals surface area contributed by atoms with Crippen LogP contribution >= 0.6 is 27.5 Å². The Morgan fingerprint density at radius 1 is 1.39 bits per heavy atom. The fraction of sp³-hybridized carbons (Fsp3) is 0.167. The summed E-state index contributed by atoms with van der Waals surface area (Å²) in [4.78, 5) is 4.49. The number of hydrogen-bond acceptors (Lipinski definition) is 3. The lowest BCUT2D eigenvalue weighted by Crippen LogP contribution is -1.98. The van der Waals surface area contributed by atoms with E-state index < -0.39 is 0 Å². The molecular formula is C18H15BrClNO2. The van der Waals surface area contributed by atoms with Crippen LogP contribution in [0.3, 0.4) is 0 Å². The van der Waals surface area contributed by atoms with Crippen LogP contribution in [0.2, 0.25) is 5.02 Å². The van der Waals surface area contributed by atoms with Gasteiger partial charge in [0.05, 0.1) is 17.3 Å². The Kier molecular flexibility index (Phi) is 6.09. The van der Waals surface area contributed by atoms with Gasteiger partial charge < -0.3 is 9.47 Å². The fourth-order valence-corrected chi connectivity index (χ4v) is 2.69. The van der Waals surface area contributed by atoms with Gasteiger partial charge in [-0.2, -0.15) is 0 Å². The number of rotatable bonds is 5. The van der Waals surface area contributed by atoms with Crippen LogP contribution in [-0.2, 0) is 0 Å². The predicted octanol–water partition coefficient (Wildman–Crippen LogP) is 5.18. The molecule has 0 aliphatic heterocycles. The molecule has 3 nitrogen and oxygen atoms in total. The zero-order chi connectivity index (χ0) is 16.8. The second kappa shape index (κ2) is 8.05. The Labute approximate surface area is 149 Å². The lowest BCUT2D eigenvalue weighted by atomic mass is 10.2. The van der Waals surface area contributed by atoms with E-state index in [0.717, 1.165) is 21.3 Å². The zero-order valence-electron chi connectivity index (χ0n) is 12.8. The van der Waals surface area contributed by atoms with Crippen molar-refractivity contribution >= 4 is 39.4 Å². The van der Waals surface area contributed by atoms with Crippen molar-refractivity contribution in [3.05, 3.63) is 51.0 Å². The third kappa shape index (κ3) is 4.28. The summed E-state index contributed by atoms with van der Waals surface area (Å²) >= 11 is 9.57. The number of hydrogen-bond donors (Lipinski definition) is 0. The van der Waals surface area contributed by atoms with Crippen molar-refractivity contribution in [3.8, 4) is 23.8 Å². The molecule has 0 bridgehead atoms. The Balaban J connectivity index is 2.34. The summed E-state index contributed by atoms with van der Waals surface area (Å²) in [6.45, 7) is 2.10. The quantitative estimate of drug-likeness (QED) is 0.518. The molecule has 5 heteroatoms. The third-order valence-electron chi connectivity index (χ3n) is 3.14. The first kappa shape index (κ1) is 17.4. The van der Waals surface area contributed by atoms with Crippen molar-refractivity contribution < 1.29 is 9.47 Å². The van der Waals surface area contributed by atoms with Crippen LogP contribution in [0, 0.1) is 19.3 Å². The van der Waals surface area contributed by atoms with Gasteiger partial charge in [-0.1, -0.05) is 23.6 Å². The minimum atomic E-state index is 0.171. The average molecular weight is 393 g/mol. The molecule has 2 rings (SSSR count). The minimum absolute atomic E-state index is 0.171. The van der Waals surface area contributed by atoms with Gasteiger partial charge in [-0.15, -0.1) is 6.42 Å². The maximum absolute atomic E-state index is 6.10. The first-order valence-corrected chi connectivity index (χ1v) is 7.97. The van der Waals surface area contributed by atoms with E-state index in [2.05, 4.69) is 26.8 Å². The number of terminal acetylenes is 1. The van der Waals surface area contributed by atoms with E-state index in [1.807, 2.05) is 37.3 Å². The monoisotopic (exact) mass is 391 g/mol. The van der Waals surface area contributed by atoms with Gasteiger partial charge in [0.2, 0.25) is 0 Å².